The lowest BCUT2D eigenvalue weighted by molar-refractivity contribution is 0.171. The number of hydrogen-bond acceptors (Lipinski definition) is 5. The van der Waals surface area contributed by atoms with E-state index in [0.717, 1.165) is 43.4 Å². The molecular formula is C13H19N3O2. The molecule has 2 aliphatic rings. The molecular weight excluding hydrogens is 230 g/mol. The third-order valence-corrected chi connectivity index (χ3v) is 3.52. The van der Waals surface area contributed by atoms with Gasteiger partial charge in [0.05, 0.1) is 5.69 Å². The number of hydrogen-bond donors (Lipinski definition) is 1. The molecule has 5 nitrogen and oxygen atoms in total. The van der Waals surface area contributed by atoms with Crippen LogP contribution in [0.1, 0.15) is 0 Å². The van der Waals surface area contributed by atoms with Crippen LogP contribution in [0, 0.1) is 0 Å². The smallest absolute Gasteiger partial charge is 0.184 e. The Balaban J connectivity index is 1.80. The normalized spacial score (nSPS) is 19.9. The molecule has 2 heterocycles. The van der Waals surface area contributed by atoms with Gasteiger partial charge in [-0.1, -0.05) is 6.07 Å². The Morgan fingerprint density at radius 2 is 1.83 bits per heavy atom. The summed E-state index contributed by atoms with van der Waals surface area (Å²) < 4.78 is 11.4. The zero-order chi connectivity index (χ0) is 12.4. The van der Waals surface area contributed by atoms with Crippen molar-refractivity contribution in [2.24, 2.45) is 5.73 Å². The van der Waals surface area contributed by atoms with E-state index in [4.69, 9.17) is 15.2 Å². The van der Waals surface area contributed by atoms with Crippen LogP contribution < -0.4 is 20.1 Å². The predicted octanol–water partition coefficient (Wildman–Crippen LogP) is 0.496. The van der Waals surface area contributed by atoms with Crippen molar-refractivity contribution in [1.82, 2.24) is 4.90 Å². The second-order valence-corrected chi connectivity index (χ2v) is 4.59. The van der Waals surface area contributed by atoms with E-state index in [9.17, 15) is 0 Å². The highest BCUT2D eigenvalue weighted by atomic mass is 16.6. The van der Waals surface area contributed by atoms with E-state index in [0.29, 0.717) is 19.9 Å². The van der Waals surface area contributed by atoms with Crippen LogP contribution in [0.5, 0.6) is 11.5 Å². The molecule has 18 heavy (non-hydrogen) atoms. The zero-order valence-corrected chi connectivity index (χ0v) is 10.5. The van der Waals surface area contributed by atoms with Gasteiger partial charge in [-0.05, 0) is 12.1 Å². The second-order valence-electron chi connectivity index (χ2n) is 4.59. The van der Waals surface area contributed by atoms with E-state index in [1.807, 2.05) is 12.1 Å². The molecule has 1 saturated heterocycles. The summed E-state index contributed by atoms with van der Waals surface area (Å²) in [5, 5.41) is 0. The summed E-state index contributed by atoms with van der Waals surface area (Å²) in [6, 6.07) is 6.10. The molecule has 0 unspecified atom stereocenters. The Morgan fingerprint density at radius 3 is 2.61 bits per heavy atom. The van der Waals surface area contributed by atoms with Crippen LogP contribution in [0.3, 0.4) is 0 Å². The number of nitrogens with two attached hydrogens (primary N) is 1. The van der Waals surface area contributed by atoms with Gasteiger partial charge in [0.2, 0.25) is 0 Å². The number of benzene rings is 1. The molecule has 0 saturated carbocycles. The van der Waals surface area contributed by atoms with Crippen molar-refractivity contribution >= 4 is 5.69 Å². The fourth-order valence-electron chi connectivity index (χ4n) is 2.48. The topological polar surface area (TPSA) is 51.0 Å². The highest BCUT2D eigenvalue weighted by Crippen LogP contribution is 2.39. The molecule has 1 aromatic rings. The SMILES string of the molecule is NCN1CCN(c2cccc3c2OCCO3)CC1. The van der Waals surface area contributed by atoms with Gasteiger partial charge < -0.3 is 20.1 Å². The molecule has 2 N–H and O–H groups in total. The molecule has 0 aliphatic carbocycles. The van der Waals surface area contributed by atoms with Crippen LogP contribution in [0.25, 0.3) is 0 Å². The van der Waals surface area contributed by atoms with Gasteiger partial charge in [0.15, 0.2) is 11.5 Å². The summed E-state index contributed by atoms with van der Waals surface area (Å²) in [5.74, 6) is 1.75. The van der Waals surface area contributed by atoms with Crippen molar-refractivity contribution < 1.29 is 9.47 Å². The Labute approximate surface area is 107 Å². The second kappa shape index (κ2) is 5.04. The van der Waals surface area contributed by atoms with Gasteiger partial charge in [-0.2, -0.15) is 0 Å². The van der Waals surface area contributed by atoms with E-state index in [-0.39, 0.29) is 0 Å². The maximum absolute atomic E-state index is 5.76. The highest BCUT2D eigenvalue weighted by Gasteiger charge is 2.22. The molecule has 3 rings (SSSR count). The molecule has 0 amide bonds. The van der Waals surface area contributed by atoms with E-state index < -0.39 is 0 Å². The summed E-state index contributed by atoms with van der Waals surface area (Å²) in [6.45, 7) is 5.88. The number of nitrogens with zero attached hydrogens (tertiary/aromatic N) is 2. The van der Waals surface area contributed by atoms with Crippen LogP contribution in [-0.2, 0) is 0 Å². The molecule has 0 spiro atoms. The molecule has 0 bridgehead atoms. The van der Waals surface area contributed by atoms with Gasteiger partial charge in [0, 0.05) is 32.8 Å². The first-order valence-electron chi connectivity index (χ1n) is 6.44. The Kier molecular flexibility index (Phi) is 3.25. The fourth-order valence-corrected chi connectivity index (χ4v) is 2.48. The van der Waals surface area contributed by atoms with Crippen LogP contribution >= 0.6 is 0 Å². The lowest BCUT2D eigenvalue weighted by atomic mass is 10.2. The maximum atomic E-state index is 5.76. The highest BCUT2D eigenvalue weighted by molar-refractivity contribution is 5.65. The van der Waals surface area contributed by atoms with Gasteiger partial charge >= 0.3 is 0 Å². The predicted molar refractivity (Wildman–Crippen MR) is 70.3 cm³/mol. The Morgan fingerprint density at radius 1 is 1.06 bits per heavy atom. The van der Waals surface area contributed by atoms with Crippen molar-refractivity contribution in [1.29, 1.82) is 0 Å². The monoisotopic (exact) mass is 249 g/mol. The summed E-state index contributed by atoms with van der Waals surface area (Å²) >= 11 is 0. The molecule has 2 aliphatic heterocycles. The van der Waals surface area contributed by atoms with Crippen LogP contribution in [0.2, 0.25) is 0 Å². The zero-order valence-electron chi connectivity index (χ0n) is 10.5. The van der Waals surface area contributed by atoms with Gasteiger partial charge in [0.25, 0.3) is 0 Å². The third-order valence-electron chi connectivity index (χ3n) is 3.52. The standard InChI is InChI=1S/C13H19N3O2/c14-10-15-4-6-16(7-5-15)11-2-1-3-12-13(11)18-9-8-17-12/h1-3H,4-10,14H2. The first-order valence-corrected chi connectivity index (χ1v) is 6.44. The Bertz CT molecular complexity index is 417. The number of para-hydroxylation sites is 1. The maximum Gasteiger partial charge on any atom is 0.184 e. The molecule has 0 atom stereocenters. The molecule has 5 heteroatoms. The third kappa shape index (κ3) is 2.11. The minimum absolute atomic E-state index is 0.632. The van der Waals surface area contributed by atoms with Crippen molar-refractivity contribution in [2.75, 3.05) is 51.0 Å². The quantitative estimate of drug-likeness (QED) is 0.827. The summed E-state index contributed by atoms with van der Waals surface area (Å²) in [5.41, 5.74) is 6.80. The largest absolute Gasteiger partial charge is 0.486 e. The van der Waals surface area contributed by atoms with Gasteiger partial charge in [-0.3, -0.25) is 4.90 Å². The molecule has 1 fully saturated rings. The first-order chi connectivity index (χ1) is 8.88. The average molecular weight is 249 g/mol. The lowest BCUT2D eigenvalue weighted by Gasteiger charge is -2.36. The van der Waals surface area contributed by atoms with Gasteiger partial charge in [-0.15, -0.1) is 0 Å². The molecule has 98 valence electrons. The summed E-state index contributed by atoms with van der Waals surface area (Å²) in [7, 11) is 0. The minimum Gasteiger partial charge on any atom is -0.486 e. The van der Waals surface area contributed by atoms with Crippen LogP contribution in [-0.4, -0.2) is 51.0 Å². The molecule has 1 aromatic carbocycles. The minimum atomic E-state index is 0.632. The number of piperazine rings is 1. The number of anilines is 1. The van der Waals surface area contributed by atoms with Crippen molar-refractivity contribution in [3.8, 4) is 11.5 Å². The van der Waals surface area contributed by atoms with Crippen molar-refractivity contribution in [3.63, 3.8) is 0 Å². The van der Waals surface area contributed by atoms with Gasteiger partial charge in [-0.25, -0.2) is 0 Å². The molecule has 0 aromatic heterocycles. The van der Waals surface area contributed by atoms with Crippen LogP contribution in [0.15, 0.2) is 18.2 Å². The molecule has 0 radical (unpaired) electrons. The van der Waals surface area contributed by atoms with Crippen LogP contribution in [0.4, 0.5) is 5.69 Å². The van der Waals surface area contributed by atoms with Crippen molar-refractivity contribution in [2.45, 2.75) is 0 Å². The fraction of sp³-hybridized carbons (Fsp3) is 0.538. The summed E-state index contributed by atoms with van der Waals surface area (Å²) in [6.07, 6.45) is 0. The van der Waals surface area contributed by atoms with Gasteiger partial charge in [0.1, 0.15) is 13.2 Å². The van der Waals surface area contributed by atoms with E-state index in [1.54, 1.807) is 0 Å². The van der Waals surface area contributed by atoms with Crippen molar-refractivity contribution in [3.05, 3.63) is 18.2 Å². The Hall–Kier alpha value is -1.46. The first kappa shape index (κ1) is 11.6. The summed E-state index contributed by atoms with van der Waals surface area (Å²) in [4.78, 5) is 4.60. The number of fused-ring (bicyclic) bond motifs is 1. The number of rotatable bonds is 2. The van der Waals surface area contributed by atoms with E-state index in [2.05, 4.69) is 15.9 Å². The average Bonchev–Trinajstić information content (AvgIpc) is 2.47. The lowest BCUT2D eigenvalue weighted by Crippen LogP contribution is -2.48. The number of ether oxygens (including phenoxy) is 2. The van der Waals surface area contributed by atoms with E-state index >= 15 is 0 Å². The van der Waals surface area contributed by atoms with E-state index in [1.165, 1.54) is 0 Å².